The molecule has 1 aliphatic rings. The van der Waals surface area contributed by atoms with Crippen molar-refractivity contribution in [2.24, 2.45) is 5.10 Å². The smallest absolute Gasteiger partial charge is 0.274 e. The van der Waals surface area contributed by atoms with Crippen LogP contribution in [0.3, 0.4) is 0 Å². The minimum absolute atomic E-state index is 0.0654. The molecule has 0 spiro atoms. The van der Waals surface area contributed by atoms with Crippen LogP contribution in [0, 0.1) is 5.82 Å². The van der Waals surface area contributed by atoms with Crippen LogP contribution >= 0.6 is 15.9 Å². The summed E-state index contributed by atoms with van der Waals surface area (Å²) in [6.45, 7) is 0.173. The fourth-order valence-corrected chi connectivity index (χ4v) is 2.32. The first-order chi connectivity index (χ1) is 10.6. The minimum atomic E-state index is -0.619. The Morgan fingerprint density at radius 2 is 2.00 bits per heavy atom. The van der Waals surface area contributed by atoms with Gasteiger partial charge in [0.25, 0.3) is 5.91 Å². The molecule has 0 bridgehead atoms. The zero-order chi connectivity index (χ0) is 15.5. The van der Waals surface area contributed by atoms with Gasteiger partial charge >= 0.3 is 0 Å². The Kier molecular flexibility index (Phi) is 4.06. The Bertz CT molecular complexity index is 764. The summed E-state index contributed by atoms with van der Waals surface area (Å²) in [4.78, 5) is 11.8. The molecule has 3 rings (SSSR count). The lowest BCUT2D eigenvalue weighted by molar-refractivity contribution is 0.0951. The number of fused-ring (bicyclic) bond motifs is 1. The normalized spacial score (nSPS) is 12.6. The highest BCUT2D eigenvalue weighted by Gasteiger charge is 2.15. The summed E-state index contributed by atoms with van der Waals surface area (Å²) in [5, 5.41) is 3.83. The molecule has 0 aliphatic carbocycles. The van der Waals surface area contributed by atoms with Gasteiger partial charge in [-0.2, -0.15) is 5.10 Å². The lowest BCUT2D eigenvalue weighted by atomic mass is 10.2. The van der Waals surface area contributed by atoms with Gasteiger partial charge in [-0.05, 0) is 40.2 Å². The zero-order valence-corrected chi connectivity index (χ0v) is 12.8. The van der Waals surface area contributed by atoms with Crippen molar-refractivity contribution in [2.75, 3.05) is 6.79 Å². The molecule has 0 unspecified atom stereocenters. The van der Waals surface area contributed by atoms with Crippen LogP contribution in [0.15, 0.2) is 46.0 Å². The number of nitrogens with one attached hydrogen (secondary N) is 1. The molecule has 0 atom stereocenters. The van der Waals surface area contributed by atoms with Crippen molar-refractivity contribution >= 4 is 28.1 Å². The number of hydrazone groups is 1. The summed E-state index contributed by atoms with van der Waals surface area (Å²) in [6.07, 6.45) is 1.44. The molecule has 1 heterocycles. The highest BCUT2D eigenvalue weighted by molar-refractivity contribution is 9.10. The minimum Gasteiger partial charge on any atom is -0.454 e. The van der Waals surface area contributed by atoms with E-state index in [1.807, 2.05) is 0 Å². The largest absolute Gasteiger partial charge is 0.454 e. The van der Waals surface area contributed by atoms with Crippen LogP contribution in [0.1, 0.15) is 15.9 Å². The van der Waals surface area contributed by atoms with Crippen LogP contribution in [0.2, 0.25) is 0 Å². The maximum Gasteiger partial charge on any atom is 0.274 e. The summed E-state index contributed by atoms with van der Waals surface area (Å²) in [6, 6.07) is 9.17. The number of amides is 1. The molecule has 0 aromatic heterocycles. The maximum atomic E-state index is 13.5. The molecule has 2 aromatic carbocycles. The first-order valence-corrected chi connectivity index (χ1v) is 7.11. The highest BCUT2D eigenvalue weighted by Crippen LogP contribution is 2.36. The van der Waals surface area contributed by atoms with Gasteiger partial charge < -0.3 is 9.47 Å². The van der Waals surface area contributed by atoms with Crippen LogP contribution in [-0.4, -0.2) is 18.9 Å². The molecule has 1 N–H and O–H groups in total. The fraction of sp³-hybridized carbons (Fsp3) is 0.0667. The molecule has 112 valence electrons. The van der Waals surface area contributed by atoms with E-state index in [2.05, 4.69) is 26.5 Å². The van der Waals surface area contributed by atoms with E-state index < -0.39 is 11.7 Å². The number of carbonyl (C=O) groups is 1. The van der Waals surface area contributed by atoms with Crippen molar-refractivity contribution in [1.82, 2.24) is 5.43 Å². The summed E-state index contributed by atoms with van der Waals surface area (Å²) >= 11 is 3.37. The van der Waals surface area contributed by atoms with Crippen LogP contribution in [0.4, 0.5) is 4.39 Å². The van der Waals surface area contributed by atoms with E-state index >= 15 is 0 Å². The van der Waals surface area contributed by atoms with Crippen LogP contribution < -0.4 is 14.9 Å². The van der Waals surface area contributed by atoms with Gasteiger partial charge in [-0.1, -0.05) is 12.1 Å². The summed E-state index contributed by atoms with van der Waals surface area (Å²) in [7, 11) is 0. The monoisotopic (exact) mass is 364 g/mol. The van der Waals surface area contributed by atoms with Crippen molar-refractivity contribution < 1.29 is 18.7 Å². The Morgan fingerprint density at radius 3 is 2.77 bits per heavy atom. The molecular weight excluding hydrogens is 355 g/mol. The molecule has 0 radical (unpaired) electrons. The fourth-order valence-electron chi connectivity index (χ4n) is 1.90. The van der Waals surface area contributed by atoms with E-state index in [0.29, 0.717) is 17.1 Å². The Hall–Kier alpha value is -2.41. The van der Waals surface area contributed by atoms with Gasteiger partial charge in [0.05, 0.1) is 11.8 Å². The molecule has 0 saturated heterocycles. The van der Waals surface area contributed by atoms with Gasteiger partial charge in [-0.3, -0.25) is 4.79 Å². The Labute approximate surface area is 133 Å². The number of nitrogens with zero attached hydrogens (tertiary/aromatic N) is 1. The Balaban J connectivity index is 1.73. The second-order valence-electron chi connectivity index (χ2n) is 4.41. The summed E-state index contributed by atoms with van der Waals surface area (Å²) in [5.41, 5.74) is 2.91. The number of hydrogen-bond donors (Lipinski definition) is 1. The first-order valence-electron chi connectivity index (χ1n) is 6.32. The number of benzene rings is 2. The number of halogens is 2. The van der Waals surface area contributed by atoms with Gasteiger partial charge in [-0.25, -0.2) is 9.82 Å². The van der Waals surface area contributed by atoms with Crippen molar-refractivity contribution in [2.45, 2.75) is 0 Å². The number of carbonyl (C=O) groups excluding carboxylic acids is 1. The molecule has 2 aromatic rings. The van der Waals surface area contributed by atoms with Crippen molar-refractivity contribution in [1.29, 1.82) is 0 Å². The average molecular weight is 365 g/mol. The van der Waals surface area contributed by atoms with Gasteiger partial charge in [0.1, 0.15) is 5.82 Å². The number of ether oxygens (including phenoxy) is 2. The third-order valence-corrected chi connectivity index (χ3v) is 3.67. The number of rotatable bonds is 3. The quantitative estimate of drug-likeness (QED) is 0.672. The second-order valence-corrected chi connectivity index (χ2v) is 5.26. The summed E-state index contributed by atoms with van der Waals surface area (Å²) in [5.74, 6) is 0.0233. The maximum absolute atomic E-state index is 13.5. The lowest BCUT2D eigenvalue weighted by Crippen LogP contribution is -2.18. The second kappa shape index (κ2) is 6.15. The molecule has 1 aliphatic heterocycles. The molecular formula is C15H10BrFN2O3. The van der Waals surface area contributed by atoms with Gasteiger partial charge in [0.2, 0.25) is 6.79 Å². The van der Waals surface area contributed by atoms with Crippen LogP contribution in [0.5, 0.6) is 11.5 Å². The van der Waals surface area contributed by atoms with Gasteiger partial charge in [-0.15, -0.1) is 0 Å². The van der Waals surface area contributed by atoms with E-state index in [9.17, 15) is 9.18 Å². The third kappa shape index (κ3) is 2.94. The third-order valence-electron chi connectivity index (χ3n) is 2.98. The van der Waals surface area contributed by atoms with Crippen molar-refractivity contribution in [3.63, 3.8) is 0 Å². The first kappa shape index (κ1) is 14.5. The predicted molar refractivity (Wildman–Crippen MR) is 81.7 cm³/mol. The molecule has 0 saturated carbocycles. The lowest BCUT2D eigenvalue weighted by Gasteiger charge is -2.03. The molecule has 1 amide bonds. The number of hydrogen-bond acceptors (Lipinski definition) is 4. The molecule has 7 heteroatoms. The van der Waals surface area contributed by atoms with E-state index in [0.717, 1.165) is 4.47 Å². The molecule has 22 heavy (non-hydrogen) atoms. The van der Waals surface area contributed by atoms with Gasteiger partial charge in [0.15, 0.2) is 11.5 Å². The van der Waals surface area contributed by atoms with E-state index in [4.69, 9.17) is 9.47 Å². The van der Waals surface area contributed by atoms with Gasteiger partial charge in [0, 0.05) is 10.0 Å². The Morgan fingerprint density at radius 1 is 1.27 bits per heavy atom. The SMILES string of the molecule is O=C(N/N=C\c1cc2c(cc1Br)OCO2)c1ccccc1F. The predicted octanol–water partition coefficient (Wildman–Crippen LogP) is 3.08. The topological polar surface area (TPSA) is 59.9 Å². The zero-order valence-electron chi connectivity index (χ0n) is 11.2. The molecule has 5 nitrogen and oxygen atoms in total. The van der Waals surface area contributed by atoms with E-state index in [-0.39, 0.29) is 12.4 Å². The van der Waals surface area contributed by atoms with Crippen molar-refractivity contribution in [3.05, 3.63) is 57.8 Å². The summed E-state index contributed by atoms with van der Waals surface area (Å²) < 4.78 is 24.7. The van der Waals surface area contributed by atoms with Crippen LogP contribution in [-0.2, 0) is 0 Å². The standard InChI is InChI=1S/C15H10BrFN2O3/c16-11-6-14-13(21-8-22-14)5-9(11)7-18-19-15(20)10-3-1-2-4-12(10)17/h1-7H,8H2,(H,19,20)/b18-7-. The van der Waals surface area contributed by atoms with Crippen LogP contribution in [0.25, 0.3) is 0 Å². The van der Waals surface area contributed by atoms with E-state index in [1.165, 1.54) is 24.4 Å². The molecule has 0 fully saturated rings. The van der Waals surface area contributed by atoms with E-state index in [1.54, 1.807) is 18.2 Å². The average Bonchev–Trinajstić information content (AvgIpc) is 2.94. The van der Waals surface area contributed by atoms with Crippen molar-refractivity contribution in [3.8, 4) is 11.5 Å². The highest BCUT2D eigenvalue weighted by atomic mass is 79.9.